The van der Waals surface area contributed by atoms with Crippen LogP contribution in [0.4, 0.5) is 0 Å². The molecule has 0 aliphatic carbocycles. The fourth-order valence-electron chi connectivity index (χ4n) is 2.48. The molecule has 1 amide bonds. The first-order valence-corrected chi connectivity index (χ1v) is 8.39. The molecule has 0 unspecified atom stereocenters. The van der Waals surface area contributed by atoms with E-state index in [9.17, 15) is 14.7 Å². The van der Waals surface area contributed by atoms with Crippen LogP contribution in [-0.2, 0) is 14.3 Å². The molecule has 0 saturated carbocycles. The summed E-state index contributed by atoms with van der Waals surface area (Å²) in [6, 6.07) is 7.02. The van der Waals surface area contributed by atoms with Crippen LogP contribution >= 0.6 is 0 Å². The molecule has 0 spiro atoms. The number of benzene rings is 1. The second kappa shape index (κ2) is 8.71. The maximum atomic E-state index is 12.1. The average molecular weight is 351 g/mol. The Balaban J connectivity index is 1.89. The smallest absolute Gasteiger partial charge is 0.329 e. The molecule has 2 rings (SSSR count). The first-order chi connectivity index (χ1) is 11.9. The van der Waals surface area contributed by atoms with E-state index in [0.717, 1.165) is 0 Å². The first kappa shape index (κ1) is 19.1. The van der Waals surface area contributed by atoms with Crippen molar-refractivity contribution in [1.29, 1.82) is 0 Å². The largest absolute Gasteiger partial charge is 0.493 e. The summed E-state index contributed by atoms with van der Waals surface area (Å²) in [6.07, 6.45) is 0.485. The van der Waals surface area contributed by atoms with Gasteiger partial charge >= 0.3 is 5.97 Å². The number of carbonyl (C=O) groups excluding carboxylic acids is 1. The summed E-state index contributed by atoms with van der Waals surface area (Å²) < 4.78 is 16.3. The highest BCUT2D eigenvalue weighted by Crippen LogP contribution is 2.22. The van der Waals surface area contributed by atoms with E-state index < -0.39 is 17.4 Å². The quantitative estimate of drug-likeness (QED) is 0.742. The van der Waals surface area contributed by atoms with Crippen molar-refractivity contribution in [2.45, 2.75) is 32.2 Å². The molecule has 25 heavy (non-hydrogen) atoms. The number of hydrogen-bond acceptors (Lipinski definition) is 5. The maximum absolute atomic E-state index is 12.1. The van der Waals surface area contributed by atoms with Gasteiger partial charge in [0.2, 0.25) is 0 Å². The Morgan fingerprint density at radius 2 is 1.88 bits per heavy atom. The van der Waals surface area contributed by atoms with E-state index in [1.54, 1.807) is 18.2 Å². The first-order valence-electron chi connectivity index (χ1n) is 8.39. The molecule has 1 aliphatic rings. The van der Waals surface area contributed by atoms with E-state index in [1.165, 1.54) is 0 Å². The van der Waals surface area contributed by atoms with Crippen LogP contribution in [0.15, 0.2) is 24.3 Å². The van der Waals surface area contributed by atoms with E-state index in [4.69, 9.17) is 14.2 Å². The van der Waals surface area contributed by atoms with Crippen molar-refractivity contribution in [3.05, 3.63) is 24.3 Å². The molecule has 138 valence electrons. The number of amides is 1. The minimum atomic E-state index is -1.28. The van der Waals surface area contributed by atoms with Crippen LogP contribution in [-0.4, -0.2) is 48.9 Å². The third-order valence-corrected chi connectivity index (χ3v) is 3.89. The van der Waals surface area contributed by atoms with Crippen molar-refractivity contribution in [2.75, 3.05) is 26.4 Å². The van der Waals surface area contributed by atoms with Crippen LogP contribution in [0.5, 0.6) is 11.5 Å². The van der Waals surface area contributed by atoms with Crippen molar-refractivity contribution in [3.63, 3.8) is 0 Å². The molecule has 1 heterocycles. The Morgan fingerprint density at radius 1 is 1.24 bits per heavy atom. The highest BCUT2D eigenvalue weighted by Gasteiger charge is 2.41. The van der Waals surface area contributed by atoms with E-state index in [0.29, 0.717) is 37.2 Å². The van der Waals surface area contributed by atoms with Gasteiger partial charge in [-0.2, -0.15) is 0 Å². The zero-order valence-corrected chi connectivity index (χ0v) is 14.6. The highest BCUT2D eigenvalue weighted by atomic mass is 16.5. The molecule has 1 aromatic carbocycles. The Kier molecular flexibility index (Phi) is 6.64. The third kappa shape index (κ3) is 5.63. The van der Waals surface area contributed by atoms with Crippen molar-refractivity contribution in [1.82, 2.24) is 5.32 Å². The molecule has 0 aromatic heterocycles. The highest BCUT2D eigenvalue weighted by molar-refractivity contribution is 5.87. The van der Waals surface area contributed by atoms with Crippen molar-refractivity contribution in [2.24, 2.45) is 5.92 Å². The maximum Gasteiger partial charge on any atom is 0.329 e. The van der Waals surface area contributed by atoms with Crippen molar-refractivity contribution < 1.29 is 28.9 Å². The van der Waals surface area contributed by atoms with Gasteiger partial charge in [-0.3, -0.25) is 4.79 Å². The van der Waals surface area contributed by atoms with Gasteiger partial charge in [-0.05, 0) is 18.1 Å². The lowest BCUT2D eigenvalue weighted by atomic mass is 9.90. The van der Waals surface area contributed by atoms with E-state index in [-0.39, 0.29) is 19.4 Å². The Labute approximate surface area is 147 Å². The minimum Gasteiger partial charge on any atom is -0.493 e. The molecule has 2 N–H and O–H groups in total. The zero-order chi connectivity index (χ0) is 18.3. The number of aliphatic carboxylic acids is 1. The fourth-order valence-corrected chi connectivity index (χ4v) is 2.48. The molecular weight excluding hydrogens is 326 g/mol. The standard InChI is InChI=1S/C18H25NO6/c1-13(2)11-24-14-4-3-5-15(10-14)25-12-16(20)19-18(17(21)22)6-8-23-9-7-18/h3-5,10,13H,6-9,11-12H2,1-2H3,(H,19,20)(H,21,22). The lowest BCUT2D eigenvalue weighted by molar-refractivity contribution is -0.152. The number of carboxylic acid groups (broad SMARTS) is 1. The SMILES string of the molecule is CC(C)COc1cccc(OCC(=O)NC2(C(=O)O)CCOCC2)c1. The Bertz CT molecular complexity index is 595. The molecule has 7 heteroatoms. The summed E-state index contributed by atoms with van der Waals surface area (Å²) in [5.41, 5.74) is -1.28. The second-order valence-electron chi connectivity index (χ2n) is 6.52. The summed E-state index contributed by atoms with van der Waals surface area (Å²) in [7, 11) is 0. The van der Waals surface area contributed by atoms with E-state index in [1.807, 2.05) is 6.07 Å². The van der Waals surface area contributed by atoms with Gasteiger partial charge < -0.3 is 24.6 Å². The van der Waals surface area contributed by atoms with Crippen LogP contribution in [0, 0.1) is 5.92 Å². The Morgan fingerprint density at radius 3 is 2.48 bits per heavy atom. The third-order valence-electron chi connectivity index (χ3n) is 3.89. The van der Waals surface area contributed by atoms with Gasteiger partial charge in [0.25, 0.3) is 5.91 Å². The molecule has 0 radical (unpaired) electrons. The van der Waals surface area contributed by atoms with Crippen LogP contribution in [0.25, 0.3) is 0 Å². The summed E-state index contributed by atoms with van der Waals surface area (Å²) in [6.45, 7) is 5.06. The van der Waals surface area contributed by atoms with Gasteiger partial charge in [0, 0.05) is 32.1 Å². The molecule has 0 bridgehead atoms. The molecular formula is C18H25NO6. The second-order valence-corrected chi connectivity index (χ2v) is 6.52. The molecule has 1 saturated heterocycles. The van der Waals surface area contributed by atoms with Crippen LogP contribution in [0.3, 0.4) is 0 Å². The van der Waals surface area contributed by atoms with Crippen LogP contribution < -0.4 is 14.8 Å². The van der Waals surface area contributed by atoms with Gasteiger partial charge in [-0.15, -0.1) is 0 Å². The van der Waals surface area contributed by atoms with Crippen molar-refractivity contribution in [3.8, 4) is 11.5 Å². The number of rotatable bonds is 8. The lowest BCUT2D eigenvalue weighted by Gasteiger charge is -2.33. The molecule has 0 atom stereocenters. The number of ether oxygens (including phenoxy) is 3. The number of nitrogens with one attached hydrogen (secondary N) is 1. The minimum absolute atomic E-state index is 0.243. The fraction of sp³-hybridized carbons (Fsp3) is 0.556. The predicted molar refractivity (Wildman–Crippen MR) is 90.8 cm³/mol. The number of carboxylic acids is 1. The molecule has 1 aromatic rings. The predicted octanol–water partition coefficient (Wildman–Crippen LogP) is 1.85. The van der Waals surface area contributed by atoms with Gasteiger partial charge in [0.05, 0.1) is 6.61 Å². The normalized spacial score (nSPS) is 16.3. The van der Waals surface area contributed by atoms with Crippen LogP contribution in [0.1, 0.15) is 26.7 Å². The topological polar surface area (TPSA) is 94.1 Å². The van der Waals surface area contributed by atoms with Gasteiger partial charge in [0.15, 0.2) is 6.61 Å². The Hall–Kier alpha value is -2.28. The van der Waals surface area contributed by atoms with E-state index in [2.05, 4.69) is 19.2 Å². The van der Waals surface area contributed by atoms with Crippen LogP contribution in [0.2, 0.25) is 0 Å². The monoisotopic (exact) mass is 351 g/mol. The van der Waals surface area contributed by atoms with Crippen molar-refractivity contribution >= 4 is 11.9 Å². The summed E-state index contributed by atoms with van der Waals surface area (Å²) in [5.74, 6) is 0.0406. The zero-order valence-electron chi connectivity index (χ0n) is 14.6. The summed E-state index contributed by atoms with van der Waals surface area (Å²) in [5, 5.41) is 12.0. The lowest BCUT2D eigenvalue weighted by Crippen LogP contribution is -2.58. The summed E-state index contributed by atoms with van der Waals surface area (Å²) in [4.78, 5) is 23.7. The van der Waals surface area contributed by atoms with Gasteiger partial charge in [-0.1, -0.05) is 19.9 Å². The number of carbonyl (C=O) groups is 2. The molecule has 1 fully saturated rings. The van der Waals surface area contributed by atoms with Gasteiger partial charge in [-0.25, -0.2) is 4.79 Å². The molecule has 1 aliphatic heterocycles. The van der Waals surface area contributed by atoms with E-state index >= 15 is 0 Å². The summed E-state index contributed by atoms with van der Waals surface area (Å²) >= 11 is 0. The molecule has 7 nitrogen and oxygen atoms in total. The average Bonchev–Trinajstić information content (AvgIpc) is 2.59. The number of hydrogen-bond donors (Lipinski definition) is 2. The van der Waals surface area contributed by atoms with Gasteiger partial charge in [0.1, 0.15) is 17.0 Å².